The van der Waals surface area contributed by atoms with E-state index in [0.717, 1.165) is 24.7 Å². The molecule has 19 heavy (non-hydrogen) atoms. The van der Waals surface area contributed by atoms with E-state index in [9.17, 15) is 5.11 Å². The molecule has 0 amide bonds. The molecular formula is C16H24N2O. The van der Waals surface area contributed by atoms with Gasteiger partial charge in [0, 0.05) is 30.9 Å². The number of anilines is 1. The van der Waals surface area contributed by atoms with Crippen LogP contribution < -0.4 is 4.90 Å². The first-order chi connectivity index (χ1) is 9.15. The van der Waals surface area contributed by atoms with Crippen molar-refractivity contribution in [1.82, 2.24) is 4.90 Å². The maximum atomic E-state index is 9.57. The van der Waals surface area contributed by atoms with Gasteiger partial charge >= 0.3 is 0 Å². The fourth-order valence-corrected chi connectivity index (χ4v) is 3.51. The maximum Gasteiger partial charge on any atom is 0.0761 e. The molecule has 2 aliphatic heterocycles. The SMILES string of the molecule is CC(O)c1ccc(N2CCC3CCC(C2)N3C)cc1. The first kappa shape index (κ1) is 12.9. The van der Waals surface area contributed by atoms with Gasteiger partial charge in [-0.1, -0.05) is 12.1 Å². The minimum absolute atomic E-state index is 0.375. The molecule has 3 heteroatoms. The molecule has 104 valence electrons. The van der Waals surface area contributed by atoms with Crippen LogP contribution >= 0.6 is 0 Å². The largest absolute Gasteiger partial charge is 0.389 e. The van der Waals surface area contributed by atoms with E-state index >= 15 is 0 Å². The zero-order valence-corrected chi connectivity index (χ0v) is 11.9. The van der Waals surface area contributed by atoms with E-state index in [4.69, 9.17) is 0 Å². The number of aliphatic hydroxyl groups is 1. The number of fused-ring (bicyclic) bond motifs is 2. The van der Waals surface area contributed by atoms with Crippen LogP contribution in [0.25, 0.3) is 0 Å². The Morgan fingerprint density at radius 2 is 1.79 bits per heavy atom. The van der Waals surface area contributed by atoms with Gasteiger partial charge in [-0.15, -0.1) is 0 Å². The normalized spacial score (nSPS) is 29.3. The molecule has 1 N–H and O–H groups in total. The Labute approximate surface area is 115 Å². The number of rotatable bonds is 2. The highest BCUT2D eigenvalue weighted by Gasteiger charge is 2.34. The van der Waals surface area contributed by atoms with E-state index in [0.29, 0.717) is 6.04 Å². The van der Waals surface area contributed by atoms with Crippen molar-refractivity contribution >= 4 is 5.69 Å². The zero-order valence-electron chi connectivity index (χ0n) is 11.9. The summed E-state index contributed by atoms with van der Waals surface area (Å²) in [5, 5.41) is 9.57. The summed E-state index contributed by atoms with van der Waals surface area (Å²) in [6.45, 7) is 4.11. The van der Waals surface area contributed by atoms with Crippen LogP contribution in [0.15, 0.2) is 24.3 Å². The molecule has 2 aliphatic rings. The third-order valence-electron chi connectivity index (χ3n) is 4.89. The van der Waals surface area contributed by atoms with Crippen LogP contribution in [0.2, 0.25) is 0 Å². The van der Waals surface area contributed by atoms with E-state index in [1.807, 2.05) is 19.1 Å². The fourth-order valence-electron chi connectivity index (χ4n) is 3.51. The molecule has 0 spiro atoms. The first-order valence-corrected chi connectivity index (χ1v) is 7.40. The van der Waals surface area contributed by atoms with Gasteiger partial charge in [-0.2, -0.15) is 0 Å². The van der Waals surface area contributed by atoms with Crippen molar-refractivity contribution < 1.29 is 5.11 Å². The minimum Gasteiger partial charge on any atom is -0.389 e. The van der Waals surface area contributed by atoms with E-state index < -0.39 is 0 Å². The van der Waals surface area contributed by atoms with Crippen molar-refractivity contribution in [1.29, 1.82) is 0 Å². The summed E-state index contributed by atoms with van der Waals surface area (Å²) in [4.78, 5) is 5.08. The molecule has 0 radical (unpaired) electrons. The number of hydrogen-bond donors (Lipinski definition) is 1. The lowest BCUT2D eigenvalue weighted by Gasteiger charge is -2.27. The number of hydrogen-bond acceptors (Lipinski definition) is 3. The van der Waals surface area contributed by atoms with Crippen molar-refractivity contribution in [3.63, 3.8) is 0 Å². The van der Waals surface area contributed by atoms with Crippen LogP contribution in [0.4, 0.5) is 5.69 Å². The average molecular weight is 260 g/mol. The molecule has 0 aliphatic carbocycles. The monoisotopic (exact) mass is 260 g/mol. The molecule has 1 aromatic rings. The zero-order chi connectivity index (χ0) is 13.4. The highest BCUT2D eigenvalue weighted by Crippen LogP contribution is 2.31. The van der Waals surface area contributed by atoms with Gasteiger partial charge in [0.15, 0.2) is 0 Å². The highest BCUT2D eigenvalue weighted by molar-refractivity contribution is 5.48. The Hall–Kier alpha value is -1.06. The first-order valence-electron chi connectivity index (χ1n) is 7.40. The molecule has 2 saturated heterocycles. The van der Waals surface area contributed by atoms with Crippen molar-refractivity contribution in [3.8, 4) is 0 Å². The van der Waals surface area contributed by atoms with Crippen LogP contribution in [-0.2, 0) is 0 Å². The predicted octanol–water partition coefficient (Wildman–Crippen LogP) is 2.41. The second kappa shape index (κ2) is 5.14. The second-order valence-corrected chi connectivity index (χ2v) is 6.05. The van der Waals surface area contributed by atoms with Gasteiger partial charge in [0.25, 0.3) is 0 Å². The summed E-state index contributed by atoms with van der Waals surface area (Å²) >= 11 is 0. The lowest BCUT2D eigenvalue weighted by atomic mass is 10.1. The van der Waals surface area contributed by atoms with Crippen LogP contribution in [0, 0.1) is 0 Å². The summed E-state index contributed by atoms with van der Waals surface area (Å²) in [6, 6.07) is 9.90. The standard InChI is InChI=1S/C16H24N2O/c1-12(19)13-3-5-15(6-4-13)18-10-9-14-7-8-16(11-18)17(14)2/h3-6,12,14,16,19H,7-11H2,1-2H3. The van der Waals surface area contributed by atoms with Crippen LogP contribution in [0.3, 0.4) is 0 Å². The Morgan fingerprint density at radius 3 is 2.47 bits per heavy atom. The molecule has 2 fully saturated rings. The molecule has 0 aromatic heterocycles. The Balaban J connectivity index is 1.75. The van der Waals surface area contributed by atoms with Gasteiger partial charge in [0.1, 0.15) is 0 Å². The number of likely N-dealkylation sites (N-methyl/N-ethyl adjacent to an activating group) is 1. The van der Waals surface area contributed by atoms with Gasteiger partial charge in [0.05, 0.1) is 6.10 Å². The number of nitrogens with zero attached hydrogens (tertiary/aromatic N) is 2. The topological polar surface area (TPSA) is 26.7 Å². The van der Waals surface area contributed by atoms with E-state index in [2.05, 4.69) is 29.0 Å². The van der Waals surface area contributed by atoms with Gasteiger partial charge in [-0.25, -0.2) is 0 Å². The van der Waals surface area contributed by atoms with Gasteiger partial charge in [-0.05, 0) is 50.9 Å². The summed E-state index contributed by atoms with van der Waals surface area (Å²) in [5.41, 5.74) is 2.29. The summed E-state index contributed by atoms with van der Waals surface area (Å²) in [6.07, 6.45) is 3.60. The third-order valence-corrected chi connectivity index (χ3v) is 4.89. The van der Waals surface area contributed by atoms with Crippen LogP contribution in [0.5, 0.6) is 0 Å². The molecule has 1 aromatic carbocycles. The van der Waals surface area contributed by atoms with Crippen LogP contribution in [-0.4, -0.2) is 42.2 Å². The Morgan fingerprint density at radius 1 is 1.11 bits per heavy atom. The second-order valence-electron chi connectivity index (χ2n) is 6.05. The molecule has 3 unspecified atom stereocenters. The molecule has 3 nitrogen and oxygen atoms in total. The summed E-state index contributed by atoms with van der Waals surface area (Å²) in [7, 11) is 2.28. The molecule has 2 bridgehead atoms. The van der Waals surface area contributed by atoms with Crippen molar-refractivity contribution in [3.05, 3.63) is 29.8 Å². The Kier molecular flexibility index (Phi) is 3.50. The van der Waals surface area contributed by atoms with Crippen molar-refractivity contribution in [2.75, 3.05) is 25.0 Å². The average Bonchev–Trinajstić information content (AvgIpc) is 2.63. The van der Waals surface area contributed by atoms with E-state index in [-0.39, 0.29) is 6.10 Å². The summed E-state index contributed by atoms with van der Waals surface area (Å²) < 4.78 is 0. The lowest BCUT2D eigenvalue weighted by molar-refractivity contribution is 0.199. The van der Waals surface area contributed by atoms with Gasteiger partial charge < -0.3 is 10.0 Å². The molecule has 2 heterocycles. The Bertz CT molecular complexity index is 429. The van der Waals surface area contributed by atoms with Gasteiger partial charge in [-0.3, -0.25) is 4.90 Å². The van der Waals surface area contributed by atoms with Crippen LogP contribution in [0.1, 0.15) is 37.9 Å². The maximum absolute atomic E-state index is 9.57. The molecule has 0 saturated carbocycles. The lowest BCUT2D eigenvalue weighted by Crippen LogP contribution is -2.36. The quantitative estimate of drug-likeness (QED) is 0.884. The fraction of sp³-hybridized carbons (Fsp3) is 0.625. The molecule has 3 atom stereocenters. The smallest absolute Gasteiger partial charge is 0.0761 e. The third kappa shape index (κ3) is 2.49. The summed E-state index contributed by atoms with van der Waals surface area (Å²) in [5.74, 6) is 0. The van der Waals surface area contributed by atoms with Crippen molar-refractivity contribution in [2.24, 2.45) is 0 Å². The predicted molar refractivity (Wildman–Crippen MR) is 78.5 cm³/mol. The number of benzene rings is 1. The highest BCUT2D eigenvalue weighted by atomic mass is 16.3. The molecular weight excluding hydrogens is 236 g/mol. The number of aliphatic hydroxyl groups excluding tert-OH is 1. The molecule has 3 rings (SSSR count). The minimum atomic E-state index is -0.375. The van der Waals surface area contributed by atoms with E-state index in [1.54, 1.807) is 0 Å². The van der Waals surface area contributed by atoms with E-state index in [1.165, 1.54) is 24.9 Å². The van der Waals surface area contributed by atoms with Gasteiger partial charge in [0.2, 0.25) is 0 Å². The van der Waals surface area contributed by atoms with Crippen molar-refractivity contribution in [2.45, 2.75) is 44.4 Å².